The minimum Gasteiger partial charge on any atom is -0.508 e. The number of hydrogen-bond acceptors (Lipinski definition) is 3. The third-order valence-corrected chi connectivity index (χ3v) is 3.63. The fourth-order valence-corrected chi connectivity index (χ4v) is 2.88. The van der Waals surface area contributed by atoms with Gasteiger partial charge in [0, 0.05) is 24.4 Å². The Hall–Kier alpha value is -0.740. The van der Waals surface area contributed by atoms with E-state index in [0.717, 1.165) is 17.4 Å². The van der Waals surface area contributed by atoms with Crippen molar-refractivity contribution in [2.24, 2.45) is 0 Å². The van der Waals surface area contributed by atoms with Crippen LogP contribution in [0.4, 0.5) is 4.39 Å². The fourth-order valence-electron chi connectivity index (χ4n) is 1.69. The van der Waals surface area contributed by atoms with Crippen molar-refractivity contribution in [2.45, 2.75) is 19.0 Å². The van der Waals surface area contributed by atoms with Gasteiger partial charge in [0.1, 0.15) is 11.6 Å². The number of halogens is 1. The quantitative estimate of drug-likeness (QED) is 0.829. The highest BCUT2D eigenvalue weighted by Crippen LogP contribution is 2.18. The molecule has 1 aliphatic rings. The molecule has 1 saturated heterocycles. The van der Waals surface area contributed by atoms with Crippen molar-refractivity contribution in [1.29, 1.82) is 0 Å². The van der Waals surface area contributed by atoms with Gasteiger partial charge in [-0.15, -0.1) is 0 Å². The molecular formula is C11H14FNOS. The molecule has 1 atom stereocenters. The summed E-state index contributed by atoms with van der Waals surface area (Å²) in [7, 11) is 0. The maximum Gasteiger partial charge on any atom is 0.127 e. The summed E-state index contributed by atoms with van der Waals surface area (Å²) in [6, 6.07) is 4.70. The van der Waals surface area contributed by atoms with Crippen molar-refractivity contribution in [2.75, 3.05) is 11.5 Å². The summed E-state index contributed by atoms with van der Waals surface area (Å²) in [6.45, 7) is 0.622. The van der Waals surface area contributed by atoms with E-state index >= 15 is 0 Å². The molecule has 0 spiro atoms. The Kier molecular flexibility index (Phi) is 3.49. The summed E-state index contributed by atoms with van der Waals surface area (Å²) in [5.41, 5.74) is 0.796. The highest BCUT2D eigenvalue weighted by molar-refractivity contribution is 7.99. The zero-order chi connectivity index (χ0) is 10.7. The molecule has 4 heteroatoms. The van der Waals surface area contributed by atoms with E-state index < -0.39 is 0 Å². The first kappa shape index (κ1) is 10.8. The third-order valence-electron chi connectivity index (χ3n) is 2.47. The molecule has 2 rings (SSSR count). The van der Waals surface area contributed by atoms with Crippen LogP contribution in [0.2, 0.25) is 0 Å². The van der Waals surface area contributed by atoms with Crippen molar-refractivity contribution < 1.29 is 9.50 Å². The zero-order valence-corrected chi connectivity index (χ0v) is 9.19. The van der Waals surface area contributed by atoms with Gasteiger partial charge in [0.15, 0.2) is 0 Å². The van der Waals surface area contributed by atoms with Gasteiger partial charge in [0.2, 0.25) is 0 Å². The minimum atomic E-state index is -0.382. The van der Waals surface area contributed by atoms with Gasteiger partial charge in [-0.25, -0.2) is 4.39 Å². The van der Waals surface area contributed by atoms with Crippen LogP contribution >= 0.6 is 11.8 Å². The number of phenols is 1. The van der Waals surface area contributed by atoms with E-state index in [-0.39, 0.29) is 11.6 Å². The van der Waals surface area contributed by atoms with Crippen LogP contribution in [0.25, 0.3) is 0 Å². The molecule has 2 nitrogen and oxygen atoms in total. The van der Waals surface area contributed by atoms with Crippen molar-refractivity contribution in [3.05, 3.63) is 29.6 Å². The number of benzene rings is 1. The second-order valence-electron chi connectivity index (χ2n) is 3.76. The van der Waals surface area contributed by atoms with Crippen LogP contribution in [0.15, 0.2) is 18.2 Å². The van der Waals surface area contributed by atoms with E-state index in [9.17, 15) is 9.50 Å². The Bertz CT molecular complexity index is 319. The number of rotatable bonds is 3. The fraction of sp³-hybridized carbons (Fsp3) is 0.455. The first-order chi connectivity index (χ1) is 7.24. The standard InChI is InChI=1S/C11H14FNOS/c12-9-3-8(4-11(14)5-9)6-13-10-1-2-15-7-10/h3-5,10,13-14H,1-2,6-7H2. The second-order valence-corrected chi connectivity index (χ2v) is 4.91. The summed E-state index contributed by atoms with van der Waals surface area (Å²) in [6.07, 6.45) is 1.17. The second kappa shape index (κ2) is 4.86. The summed E-state index contributed by atoms with van der Waals surface area (Å²) in [5.74, 6) is 1.94. The van der Waals surface area contributed by atoms with Crippen LogP contribution in [-0.4, -0.2) is 22.7 Å². The highest BCUT2D eigenvalue weighted by Gasteiger charge is 2.14. The third kappa shape index (κ3) is 3.11. The molecule has 0 aromatic heterocycles. The smallest absolute Gasteiger partial charge is 0.127 e. The molecule has 82 valence electrons. The molecule has 15 heavy (non-hydrogen) atoms. The average molecular weight is 227 g/mol. The minimum absolute atomic E-state index is 0.00685. The monoisotopic (exact) mass is 227 g/mol. The van der Waals surface area contributed by atoms with E-state index in [1.54, 1.807) is 6.07 Å². The molecule has 2 N–H and O–H groups in total. The molecule has 0 aliphatic carbocycles. The van der Waals surface area contributed by atoms with Gasteiger partial charge in [-0.2, -0.15) is 11.8 Å². The first-order valence-electron chi connectivity index (χ1n) is 5.03. The van der Waals surface area contributed by atoms with Crippen LogP contribution in [0.1, 0.15) is 12.0 Å². The average Bonchev–Trinajstić information content (AvgIpc) is 2.65. The molecule has 1 aromatic carbocycles. The Labute approximate surface area is 92.9 Å². The van der Waals surface area contributed by atoms with E-state index in [2.05, 4.69) is 5.32 Å². The highest BCUT2D eigenvalue weighted by atomic mass is 32.2. The molecular weight excluding hydrogens is 213 g/mol. The summed E-state index contributed by atoms with van der Waals surface area (Å²) >= 11 is 1.94. The lowest BCUT2D eigenvalue weighted by molar-refractivity contribution is 0.466. The van der Waals surface area contributed by atoms with Gasteiger partial charge in [0.05, 0.1) is 0 Å². The van der Waals surface area contributed by atoms with Crippen molar-refractivity contribution in [3.63, 3.8) is 0 Å². The number of aromatic hydroxyl groups is 1. The Morgan fingerprint density at radius 1 is 1.47 bits per heavy atom. The molecule has 1 aliphatic heterocycles. The number of phenolic OH excluding ortho intramolecular Hbond substituents is 1. The van der Waals surface area contributed by atoms with E-state index in [1.165, 1.54) is 18.2 Å². The van der Waals surface area contributed by atoms with Gasteiger partial charge in [-0.1, -0.05) is 0 Å². The molecule has 0 bridgehead atoms. The first-order valence-corrected chi connectivity index (χ1v) is 6.19. The Morgan fingerprint density at radius 2 is 2.33 bits per heavy atom. The summed E-state index contributed by atoms with van der Waals surface area (Å²) < 4.78 is 12.9. The van der Waals surface area contributed by atoms with Crippen LogP contribution < -0.4 is 5.32 Å². The molecule has 1 heterocycles. The van der Waals surface area contributed by atoms with Crippen LogP contribution in [0.5, 0.6) is 5.75 Å². The lowest BCUT2D eigenvalue weighted by atomic mass is 10.2. The molecule has 1 unspecified atom stereocenters. The van der Waals surface area contributed by atoms with Gasteiger partial charge >= 0.3 is 0 Å². The van der Waals surface area contributed by atoms with Crippen LogP contribution in [0, 0.1) is 5.82 Å². The Morgan fingerprint density at radius 3 is 3.00 bits per heavy atom. The van der Waals surface area contributed by atoms with Gasteiger partial charge in [-0.05, 0) is 29.9 Å². The maximum atomic E-state index is 12.9. The molecule has 0 amide bonds. The normalized spacial score (nSPS) is 20.7. The number of nitrogens with one attached hydrogen (secondary N) is 1. The predicted octanol–water partition coefficient (Wildman–Crippen LogP) is 2.13. The van der Waals surface area contributed by atoms with E-state index in [0.29, 0.717) is 12.6 Å². The van der Waals surface area contributed by atoms with Gasteiger partial charge < -0.3 is 10.4 Å². The van der Waals surface area contributed by atoms with Crippen molar-refractivity contribution in [1.82, 2.24) is 5.32 Å². The summed E-state index contributed by atoms with van der Waals surface area (Å²) in [4.78, 5) is 0. The Balaban J connectivity index is 1.92. The van der Waals surface area contributed by atoms with Crippen LogP contribution in [-0.2, 0) is 6.54 Å². The van der Waals surface area contributed by atoms with Crippen LogP contribution in [0.3, 0.4) is 0 Å². The number of hydrogen-bond donors (Lipinski definition) is 2. The largest absolute Gasteiger partial charge is 0.508 e. The van der Waals surface area contributed by atoms with Gasteiger partial charge in [-0.3, -0.25) is 0 Å². The molecule has 0 saturated carbocycles. The molecule has 1 aromatic rings. The topological polar surface area (TPSA) is 32.3 Å². The lowest BCUT2D eigenvalue weighted by Gasteiger charge is -2.11. The SMILES string of the molecule is Oc1cc(F)cc(CNC2CCSC2)c1. The summed E-state index contributed by atoms with van der Waals surface area (Å²) in [5, 5.41) is 12.6. The zero-order valence-electron chi connectivity index (χ0n) is 8.37. The van der Waals surface area contributed by atoms with Crippen molar-refractivity contribution >= 4 is 11.8 Å². The van der Waals surface area contributed by atoms with Gasteiger partial charge in [0.25, 0.3) is 0 Å². The maximum absolute atomic E-state index is 12.9. The molecule has 0 radical (unpaired) electrons. The van der Waals surface area contributed by atoms with Crippen molar-refractivity contribution in [3.8, 4) is 5.75 Å². The lowest BCUT2D eigenvalue weighted by Crippen LogP contribution is -2.27. The molecule has 1 fully saturated rings. The predicted molar refractivity (Wildman–Crippen MR) is 60.6 cm³/mol. The van der Waals surface area contributed by atoms with E-state index in [1.807, 2.05) is 11.8 Å². The van der Waals surface area contributed by atoms with E-state index in [4.69, 9.17) is 0 Å². The number of thioether (sulfide) groups is 1.